The lowest BCUT2D eigenvalue weighted by molar-refractivity contribution is -0.122. The van der Waals surface area contributed by atoms with E-state index >= 15 is 0 Å². The summed E-state index contributed by atoms with van der Waals surface area (Å²) < 4.78 is 11.1. The van der Waals surface area contributed by atoms with Gasteiger partial charge in [0.15, 0.2) is 6.10 Å². The van der Waals surface area contributed by atoms with Gasteiger partial charge in [0, 0.05) is 9.90 Å². The number of nitrogens with one attached hydrogen (secondary N) is 1. The second-order valence-corrected chi connectivity index (χ2v) is 9.26. The number of rotatable bonds is 6. The van der Waals surface area contributed by atoms with Crippen LogP contribution < -0.4 is 10.1 Å². The minimum absolute atomic E-state index is 0.267. The number of amides is 1. The molecule has 2 atom stereocenters. The molecule has 1 aliphatic carbocycles. The molecule has 0 saturated carbocycles. The summed E-state index contributed by atoms with van der Waals surface area (Å²) >= 11 is 7.69. The molecule has 0 bridgehead atoms. The number of carbonyl (C=O) groups is 2. The number of anilines is 1. The van der Waals surface area contributed by atoms with Gasteiger partial charge in [0.1, 0.15) is 10.8 Å². The molecule has 1 aromatic carbocycles. The molecule has 0 fully saturated rings. The minimum Gasteiger partial charge on any atom is -0.481 e. The Morgan fingerprint density at radius 1 is 1.30 bits per heavy atom. The Morgan fingerprint density at radius 2 is 1.97 bits per heavy atom. The lowest BCUT2D eigenvalue weighted by Crippen LogP contribution is -2.30. The highest BCUT2D eigenvalue weighted by Gasteiger charge is 2.31. The number of carbonyl (C=O) groups excluding carboxylic acids is 2. The van der Waals surface area contributed by atoms with Crippen LogP contribution in [0.5, 0.6) is 5.75 Å². The van der Waals surface area contributed by atoms with Crippen LogP contribution in [0, 0.1) is 13.8 Å². The first-order valence-corrected chi connectivity index (χ1v) is 11.5. The van der Waals surface area contributed by atoms with Crippen molar-refractivity contribution in [3.8, 4) is 5.75 Å². The third-order valence-electron chi connectivity index (χ3n) is 5.36. The van der Waals surface area contributed by atoms with Crippen LogP contribution in [0.2, 0.25) is 5.02 Å². The molecule has 162 valence electrons. The van der Waals surface area contributed by atoms with E-state index in [2.05, 4.69) is 12.2 Å². The van der Waals surface area contributed by atoms with Crippen molar-refractivity contribution in [2.24, 2.45) is 0 Å². The third-order valence-corrected chi connectivity index (χ3v) is 7.14. The van der Waals surface area contributed by atoms with E-state index in [4.69, 9.17) is 21.1 Å². The van der Waals surface area contributed by atoms with Crippen LogP contribution in [0.25, 0.3) is 0 Å². The van der Waals surface area contributed by atoms with Gasteiger partial charge in [0.25, 0.3) is 5.91 Å². The van der Waals surface area contributed by atoms with Crippen LogP contribution in [-0.4, -0.2) is 24.6 Å². The molecule has 30 heavy (non-hydrogen) atoms. The quantitative estimate of drug-likeness (QED) is 0.546. The smallest absolute Gasteiger partial charge is 0.341 e. The molecule has 1 N–H and O–H groups in total. The highest BCUT2D eigenvalue weighted by Crippen LogP contribution is 2.43. The first-order chi connectivity index (χ1) is 14.2. The second-order valence-electron chi connectivity index (χ2n) is 7.78. The average molecular weight is 450 g/mol. The van der Waals surface area contributed by atoms with Crippen molar-refractivity contribution in [2.75, 3.05) is 11.9 Å². The number of ether oxygens (including phenoxy) is 2. The average Bonchev–Trinajstić information content (AvgIpc) is 3.05. The lowest BCUT2D eigenvalue weighted by atomic mass is 9.86. The zero-order valence-electron chi connectivity index (χ0n) is 18.1. The number of benzene rings is 1. The normalized spacial score (nSPS) is 16.5. The summed E-state index contributed by atoms with van der Waals surface area (Å²) in [4.78, 5) is 26.7. The number of esters is 1. The van der Waals surface area contributed by atoms with Gasteiger partial charge < -0.3 is 14.8 Å². The van der Waals surface area contributed by atoms with Crippen molar-refractivity contribution in [1.29, 1.82) is 0 Å². The van der Waals surface area contributed by atoms with E-state index in [0.29, 0.717) is 27.9 Å². The largest absolute Gasteiger partial charge is 0.481 e. The first kappa shape index (κ1) is 22.6. The molecule has 2 unspecified atom stereocenters. The van der Waals surface area contributed by atoms with Gasteiger partial charge in [0.2, 0.25) is 0 Å². The molecule has 0 saturated heterocycles. The Hall–Kier alpha value is -2.05. The van der Waals surface area contributed by atoms with E-state index < -0.39 is 6.10 Å². The molecule has 5 nitrogen and oxygen atoms in total. The maximum absolute atomic E-state index is 12.9. The van der Waals surface area contributed by atoms with E-state index in [9.17, 15) is 9.59 Å². The summed E-state index contributed by atoms with van der Waals surface area (Å²) in [5.41, 5.74) is 3.31. The zero-order valence-corrected chi connectivity index (χ0v) is 19.6. The predicted octanol–water partition coefficient (Wildman–Crippen LogP) is 6.04. The lowest BCUT2D eigenvalue weighted by Gasteiger charge is -2.20. The van der Waals surface area contributed by atoms with Crippen molar-refractivity contribution in [3.63, 3.8) is 0 Å². The SMILES string of the molecule is CCOC(=O)c1c(NC(=O)C(C)Oc2cc(C)c(Cl)c(C)c2)sc2c1C(C)CCC2. The van der Waals surface area contributed by atoms with Crippen LogP contribution in [-0.2, 0) is 16.0 Å². The van der Waals surface area contributed by atoms with E-state index in [0.717, 1.165) is 40.8 Å². The van der Waals surface area contributed by atoms with Crippen LogP contribution in [0.15, 0.2) is 12.1 Å². The Labute approximate surface area is 186 Å². The summed E-state index contributed by atoms with van der Waals surface area (Å²) in [6, 6.07) is 3.63. The summed E-state index contributed by atoms with van der Waals surface area (Å²) in [6.45, 7) is 9.68. The molecule has 0 aliphatic heterocycles. The fourth-order valence-corrected chi connectivity index (χ4v) is 5.31. The number of halogens is 1. The van der Waals surface area contributed by atoms with Gasteiger partial charge in [-0.2, -0.15) is 0 Å². The molecule has 1 aliphatic rings. The topological polar surface area (TPSA) is 64.6 Å². The Bertz CT molecular complexity index is 945. The fraction of sp³-hybridized carbons (Fsp3) is 0.478. The summed E-state index contributed by atoms with van der Waals surface area (Å²) in [5, 5.41) is 4.16. The van der Waals surface area contributed by atoms with Gasteiger partial charge in [0.05, 0.1) is 12.2 Å². The highest BCUT2D eigenvalue weighted by atomic mass is 35.5. The van der Waals surface area contributed by atoms with Gasteiger partial charge in [-0.3, -0.25) is 4.79 Å². The molecule has 1 aromatic heterocycles. The molecule has 3 rings (SSSR count). The Balaban J connectivity index is 1.83. The number of hydrogen-bond acceptors (Lipinski definition) is 5. The van der Waals surface area contributed by atoms with Crippen LogP contribution in [0.1, 0.15) is 71.5 Å². The van der Waals surface area contributed by atoms with Gasteiger partial charge >= 0.3 is 5.97 Å². The first-order valence-electron chi connectivity index (χ1n) is 10.3. The maximum Gasteiger partial charge on any atom is 0.341 e. The minimum atomic E-state index is -0.739. The number of aryl methyl sites for hydroxylation is 3. The van der Waals surface area contributed by atoms with Gasteiger partial charge in [-0.15, -0.1) is 11.3 Å². The van der Waals surface area contributed by atoms with Crippen LogP contribution in [0.3, 0.4) is 0 Å². The number of hydrogen-bond donors (Lipinski definition) is 1. The molecule has 0 spiro atoms. The summed E-state index contributed by atoms with van der Waals surface area (Å²) in [7, 11) is 0. The third kappa shape index (κ3) is 4.65. The van der Waals surface area contributed by atoms with Crippen molar-refractivity contribution in [2.45, 2.75) is 65.9 Å². The zero-order chi connectivity index (χ0) is 22.0. The van der Waals surface area contributed by atoms with Crippen molar-refractivity contribution >= 4 is 39.8 Å². The number of thiophene rings is 1. The van der Waals surface area contributed by atoms with E-state index in [1.54, 1.807) is 13.8 Å². The van der Waals surface area contributed by atoms with E-state index in [-0.39, 0.29) is 17.8 Å². The van der Waals surface area contributed by atoms with Crippen LogP contribution in [0.4, 0.5) is 5.00 Å². The van der Waals surface area contributed by atoms with Crippen molar-refractivity contribution in [1.82, 2.24) is 0 Å². The molecule has 7 heteroatoms. The summed E-state index contributed by atoms with van der Waals surface area (Å²) in [6.07, 6.45) is 2.29. The predicted molar refractivity (Wildman–Crippen MR) is 121 cm³/mol. The standard InChI is InChI=1S/C23H28ClNO4S/c1-6-28-23(27)19-18-12(2)8-7-9-17(18)30-22(19)25-21(26)15(5)29-16-10-13(3)20(24)14(4)11-16/h10-12,15H,6-9H2,1-5H3,(H,25,26). The number of fused-ring (bicyclic) bond motifs is 1. The molecular weight excluding hydrogens is 422 g/mol. The summed E-state index contributed by atoms with van der Waals surface area (Å²) in [5.74, 6) is 0.166. The molecule has 1 amide bonds. The monoisotopic (exact) mass is 449 g/mol. The van der Waals surface area contributed by atoms with E-state index in [1.165, 1.54) is 11.3 Å². The molecule has 1 heterocycles. The Morgan fingerprint density at radius 3 is 2.60 bits per heavy atom. The molecule has 0 radical (unpaired) electrons. The van der Waals surface area contributed by atoms with Gasteiger partial charge in [-0.05, 0) is 81.7 Å². The highest BCUT2D eigenvalue weighted by molar-refractivity contribution is 7.17. The molecular formula is C23H28ClNO4S. The molecule has 2 aromatic rings. The fourth-order valence-electron chi connectivity index (χ4n) is 3.85. The maximum atomic E-state index is 12.9. The van der Waals surface area contributed by atoms with Crippen molar-refractivity contribution in [3.05, 3.63) is 44.3 Å². The second kappa shape index (κ2) is 9.40. The Kier molecular flexibility index (Phi) is 7.09. The van der Waals surface area contributed by atoms with Gasteiger partial charge in [-0.25, -0.2) is 4.79 Å². The van der Waals surface area contributed by atoms with Crippen molar-refractivity contribution < 1.29 is 19.1 Å². The van der Waals surface area contributed by atoms with Gasteiger partial charge in [-0.1, -0.05) is 18.5 Å². The van der Waals surface area contributed by atoms with E-state index in [1.807, 2.05) is 26.0 Å². The van der Waals surface area contributed by atoms with Crippen LogP contribution >= 0.6 is 22.9 Å².